The van der Waals surface area contributed by atoms with E-state index in [1.807, 2.05) is 6.92 Å². The quantitative estimate of drug-likeness (QED) is 0.808. The second-order valence-electron chi connectivity index (χ2n) is 5.98. The Hall–Kier alpha value is -1.02. The van der Waals surface area contributed by atoms with E-state index < -0.39 is 0 Å². The lowest BCUT2D eigenvalue weighted by Crippen LogP contribution is -2.36. The van der Waals surface area contributed by atoms with Crippen LogP contribution in [0.1, 0.15) is 51.5 Å². The fraction of sp³-hybridized carbons (Fsp3) is 0.647. The average molecular weight is 261 g/mol. The molecule has 1 atom stereocenters. The summed E-state index contributed by atoms with van der Waals surface area (Å²) in [6.45, 7) is 5.90. The lowest BCUT2D eigenvalue weighted by Gasteiger charge is -2.44. The van der Waals surface area contributed by atoms with Crippen LogP contribution < -0.4 is 10.5 Å². The van der Waals surface area contributed by atoms with Gasteiger partial charge in [-0.1, -0.05) is 25.5 Å². The molecule has 0 aliphatic heterocycles. The monoisotopic (exact) mass is 261 g/mol. The SMILES string of the molecule is CCOc1ccc(C2(CC(C)CCN)CCC2)cc1. The van der Waals surface area contributed by atoms with E-state index in [4.69, 9.17) is 10.5 Å². The first kappa shape index (κ1) is 14.4. The number of benzene rings is 1. The van der Waals surface area contributed by atoms with Gasteiger partial charge in [-0.15, -0.1) is 0 Å². The summed E-state index contributed by atoms with van der Waals surface area (Å²) >= 11 is 0. The molecule has 1 aromatic carbocycles. The van der Waals surface area contributed by atoms with Gasteiger partial charge in [-0.3, -0.25) is 0 Å². The van der Waals surface area contributed by atoms with Gasteiger partial charge in [-0.2, -0.15) is 0 Å². The van der Waals surface area contributed by atoms with E-state index in [-0.39, 0.29) is 0 Å². The van der Waals surface area contributed by atoms with Gasteiger partial charge in [-0.05, 0) is 68.2 Å². The summed E-state index contributed by atoms with van der Waals surface area (Å²) in [5, 5.41) is 0. The number of hydrogen-bond donors (Lipinski definition) is 1. The third-order valence-corrected chi connectivity index (χ3v) is 4.49. The zero-order valence-corrected chi connectivity index (χ0v) is 12.3. The molecule has 1 aromatic rings. The lowest BCUT2D eigenvalue weighted by molar-refractivity contribution is 0.191. The Balaban J connectivity index is 2.07. The van der Waals surface area contributed by atoms with Crippen LogP contribution in [-0.4, -0.2) is 13.2 Å². The highest BCUT2D eigenvalue weighted by Gasteiger charge is 2.39. The number of ether oxygens (including phenoxy) is 1. The largest absolute Gasteiger partial charge is 0.494 e. The molecule has 0 saturated heterocycles. The van der Waals surface area contributed by atoms with Crippen LogP contribution in [0.15, 0.2) is 24.3 Å². The van der Waals surface area contributed by atoms with Crippen molar-refractivity contribution in [2.24, 2.45) is 11.7 Å². The van der Waals surface area contributed by atoms with Gasteiger partial charge in [-0.25, -0.2) is 0 Å². The van der Waals surface area contributed by atoms with Gasteiger partial charge in [0.25, 0.3) is 0 Å². The highest BCUT2D eigenvalue weighted by Crippen LogP contribution is 2.48. The first-order valence-electron chi connectivity index (χ1n) is 7.63. The van der Waals surface area contributed by atoms with Gasteiger partial charge >= 0.3 is 0 Å². The molecule has 1 fully saturated rings. The lowest BCUT2D eigenvalue weighted by atomic mass is 9.60. The first-order valence-corrected chi connectivity index (χ1v) is 7.63. The van der Waals surface area contributed by atoms with Crippen molar-refractivity contribution in [2.75, 3.05) is 13.2 Å². The van der Waals surface area contributed by atoms with E-state index in [2.05, 4.69) is 31.2 Å². The van der Waals surface area contributed by atoms with Crippen LogP contribution in [0.3, 0.4) is 0 Å². The van der Waals surface area contributed by atoms with E-state index >= 15 is 0 Å². The first-order chi connectivity index (χ1) is 9.20. The zero-order chi connectivity index (χ0) is 13.7. The molecular formula is C17H27NO. The Labute approximate surface area is 117 Å². The summed E-state index contributed by atoms with van der Waals surface area (Å²) in [4.78, 5) is 0. The minimum Gasteiger partial charge on any atom is -0.494 e. The Morgan fingerprint density at radius 3 is 2.42 bits per heavy atom. The third kappa shape index (κ3) is 3.30. The molecule has 1 unspecified atom stereocenters. The van der Waals surface area contributed by atoms with Crippen molar-refractivity contribution >= 4 is 0 Å². The number of nitrogens with two attached hydrogens (primary N) is 1. The Bertz CT molecular complexity index is 381. The van der Waals surface area contributed by atoms with Crippen LogP contribution >= 0.6 is 0 Å². The van der Waals surface area contributed by atoms with E-state index in [0.717, 1.165) is 31.2 Å². The molecule has 0 bridgehead atoms. The van der Waals surface area contributed by atoms with Crippen molar-refractivity contribution in [1.29, 1.82) is 0 Å². The highest BCUT2D eigenvalue weighted by atomic mass is 16.5. The second kappa shape index (κ2) is 6.42. The number of hydrogen-bond acceptors (Lipinski definition) is 2. The Kier molecular flexibility index (Phi) is 4.87. The number of rotatable bonds is 7. The van der Waals surface area contributed by atoms with Crippen LogP contribution in [0.5, 0.6) is 5.75 Å². The van der Waals surface area contributed by atoms with Gasteiger partial charge in [0.1, 0.15) is 5.75 Å². The topological polar surface area (TPSA) is 35.2 Å². The maximum absolute atomic E-state index is 5.68. The average Bonchev–Trinajstić information content (AvgIpc) is 2.36. The molecule has 2 heteroatoms. The van der Waals surface area contributed by atoms with E-state index in [9.17, 15) is 0 Å². The van der Waals surface area contributed by atoms with Crippen LogP contribution in [0.4, 0.5) is 0 Å². The highest BCUT2D eigenvalue weighted by molar-refractivity contribution is 5.34. The van der Waals surface area contributed by atoms with Crippen LogP contribution in [0, 0.1) is 5.92 Å². The Morgan fingerprint density at radius 1 is 1.26 bits per heavy atom. The standard InChI is InChI=1S/C17H27NO/c1-3-19-16-7-5-15(6-8-16)17(10-4-11-17)13-14(2)9-12-18/h5-8,14H,3-4,9-13,18H2,1-2H3. The fourth-order valence-electron chi connectivity index (χ4n) is 3.34. The van der Waals surface area contributed by atoms with Crippen LogP contribution in [0.25, 0.3) is 0 Å². The smallest absolute Gasteiger partial charge is 0.119 e. The molecular weight excluding hydrogens is 234 g/mol. The van der Waals surface area contributed by atoms with Crippen molar-refractivity contribution in [1.82, 2.24) is 0 Å². The zero-order valence-electron chi connectivity index (χ0n) is 12.3. The molecule has 0 radical (unpaired) electrons. The molecule has 0 amide bonds. The van der Waals surface area contributed by atoms with Crippen molar-refractivity contribution in [3.05, 3.63) is 29.8 Å². The molecule has 0 spiro atoms. The van der Waals surface area contributed by atoms with Gasteiger partial charge in [0.05, 0.1) is 6.61 Å². The summed E-state index contributed by atoms with van der Waals surface area (Å²) < 4.78 is 5.53. The summed E-state index contributed by atoms with van der Waals surface area (Å²) in [5.41, 5.74) is 7.59. The minimum absolute atomic E-state index is 0.416. The minimum atomic E-state index is 0.416. The second-order valence-corrected chi connectivity index (χ2v) is 5.98. The summed E-state index contributed by atoms with van der Waals surface area (Å²) in [7, 11) is 0. The molecule has 106 valence electrons. The molecule has 2 rings (SSSR count). The van der Waals surface area contributed by atoms with Crippen LogP contribution in [0.2, 0.25) is 0 Å². The van der Waals surface area contributed by atoms with Crippen molar-refractivity contribution in [3.8, 4) is 5.75 Å². The van der Waals surface area contributed by atoms with Gasteiger partial charge in [0, 0.05) is 0 Å². The van der Waals surface area contributed by atoms with E-state index in [1.54, 1.807) is 0 Å². The van der Waals surface area contributed by atoms with Crippen molar-refractivity contribution in [3.63, 3.8) is 0 Å². The maximum Gasteiger partial charge on any atom is 0.119 e. The summed E-state index contributed by atoms with van der Waals surface area (Å²) in [5.74, 6) is 1.70. The normalized spacial score (nSPS) is 18.7. The fourth-order valence-corrected chi connectivity index (χ4v) is 3.34. The van der Waals surface area contributed by atoms with Gasteiger partial charge in [0.2, 0.25) is 0 Å². The predicted octanol–water partition coefficient (Wildman–Crippen LogP) is 3.88. The molecule has 2 nitrogen and oxygen atoms in total. The molecule has 0 aromatic heterocycles. The molecule has 1 aliphatic carbocycles. The van der Waals surface area contributed by atoms with Crippen LogP contribution in [-0.2, 0) is 5.41 Å². The summed E-state index contributed by atoms with van der Waals surface area (Å²) in [6, 6.07) is 8.76. The van der Waals surface area contributed by atoms with Gasteiger partial charge in [0.15, 0.2) is 0 Å². The Morgan fingerprint density at radius 2 is 1.95 bits per heavy atom. The molecule has 19 heavy (non-hydrogen) atoms. The predicted molar refractivity (Wildman–Crippen MR) is 80.6 cm³/mol. The van der Waals surface area contributed by atoms with Crippen molar-refractivity contribution < 1.29 is 4.74 Å². The van der Waals surface area contributed by atoms with Crippen molar-refractivity contribution in [2.45, 2.75) is 51.4 Å². The van der Waals surface area contributed by atoms with E-state index in [1.165, 1.54) is 31.2 Å². The molecule has 0 heterocycles. The van der Waals surface area contributed by atoms with Gasteiger partial charge < -0.3 is 10.5 Å². The maximum atomic E-state index is 5.68. The van der Waals surface area contributed by atoms with E-state index in [0.29, 0.717) is 5.41 Å². The third-order valence-electron chi connectivity index (χ3n) is 4.49. The molecule has 2 N–H and O–H groups in total. The molecule has 1 saturated carbocycles. The summed E-state index contributed by atoms with van der Waals surface area (Å²) in [6.07, 6.45) is 6.44. The molecule has 1 aliphatic rings.